The summed E-state index contributed by atoms with van der Waals surface area (Å²) in [5.74, 6) is 1.81. The van der Waals surface area contributed by atoms with E-state index in [-0.39, 0.29) is 11.6 Å². The fraction of sp³-hybridized carbons (Fsp3) is 0.259. The number of carbonyl (C=O) groups excluding carboxylic acids is 1. The standard InChI is InChI=1S/C27H29NO5S/c1-20(32-18-7-6-9-21-14-16-23(30-2)17-15-21)27(29)33-26-13-8-10-22(28-26)19-34-25-12-5-4-11-24(25)31-3/h4-5,8,10-17H,1,6-7,9,18-19H2,2-3H3. The highest BCUT2D eigenvalue weighted by molar-refractivity contribution is 7.98. The van der Waals surface area contributed by atoms with Gasteiger partial charge in [0, 0.05) is 16.7 Å². The predicted molar refractivity (Wildman–Crippen MR) is 133 cm³/mol. The van der Waals surface area contributed by atoms with Crippen molar-refractivity contribution in [1.82, 2.24) is 4.98 Å². The molecule has 1 aromatic heterocycles. The van der Waals surface area contributed by atoms with E-state index in [9.17, 15) is 4.79 Å². The molecule has 34 heavy (non-hydrogen) atoms. The van der Waals surface area contributed by atoms with E-state index in [0.29, 0.717) is 12.4 Å². The third-order valence-electron chi connectivity index (χ3n) is 4.95. The molecule has 7 heteroatoms. The van der Waals surface area contributed by atoms with Crippen molar-refractivity contribution < 1.29 is 23.7 Å². The van der Waals surface area contributed by atoms with Gasteiger partial charge in [0.05, 0.1) is 26.5 Å². The van der Waals surface area contributed by atoms with E-state index in [1.165, 1.54) is 5.56 Å². The van der Waals surface area contributed by atoms with Crippen LogP contribution in [0.25, 0.3) is 0 Å². The van der Waals surface area contributed by atoms with Crippen LogP contribution in [0, 0.1) is 0 Å². The minimum atomic E-state index is -0.641. The maximum absolute atomic E-state index is 12.3. The first kappa shape index (κ1) is 25.2. The van der Waals surface area contributed by atoms with E-state index in [4.69, 9.17) is 18.9 Å². The number of thioether (sulfide) groups is 1. The van der Waals surface area contributed by atoms with Crippen molar-refractivity contribution in [3.05, 3.63) is 90.3 Å². The summed E-state index contributed by atoms with van der Waals surface area (Å²) in [5.41, 5.74) is 2.01. The minimum absolute atomic E-state index is 0.0277. The lowest BCUT2D eigenvalue weighted by molar-refractivity contribution is -0.134. The second kappa shape index (κ2) is 13.3. The molecule has 1 heterocycles. The van der Waals surface area contributed by atoms with E-state index in [1.54, 1.807) is 38.1 Å². The Kier molecular flexibility index (Phi) is 9.85. The maximum Gasteiger partial charge on any atom is 0.379 e. The Labute approximate surface area is 204 Å². The molecule has 0 fully saturated rings. The number of methoxy groups -OCH3 is 2. The molecule has 3 aromatic rings. The van der Waals surface area contributed by atoms with Gasteiger partial charge in [-0.1, -0.05) is 30.3 Å². The molecule has 0 spiro atoms. The number of esters is 1. The van der Waals surface area contributed by atoms with Gasteiger partial charge < -0.3 is 18.9 Å². The summed E-state index contributed by atoms with van der Waals surface area (Å²) >= 11 is 1.60. The number of pyridine rings is 1. The summed E-state index contributed by atoms with van der Waals surface area (Å²) in [5, 5.41) is 0. The van der Waals surface area contributed by atoms with E-state index in [2.05, 4.69) is 11.6 Å². The average molecular weight is 480 g/mol. The smallest absolute Gasteiger partial charge is 0.379 e. The van der Waals surface area contributed by atoms with Crippen molar-refractivity contribution >= 4 is 17.7 Å². The van der Waals surface area contributed by atoms with E-state index >= 15 is 0 Å². The Bertz CT molecular complexity index is 1080. The van der Waals surface area contributed by atoms with Crippen LogP contribution in [0.5, 0.6) is 17.4 Å². The third kappa shape index (κ3) is 7.85. The number of benzene rings is 2. The van der Waals surface area contributed by atoms with Crippen molar-refractivity contribution in [2.45, 2.75) is 29.9 Å². The van der Waals surface area contributed by atoms with E-state index in [1.807, 2.05) is 54.6 Å². The van der Waals surface area contributed by atoms with Gasteiger partial charge in [-0.05, 0) is 61.7 Å². The van der Waals surface area contributed by atoms with Crippen LogP contribution in [0.4, 0.5) is 0 Å². The van der Waals surface area contributed by atoms with E-state index < -0.39 is 5.97 Å². The first-order valence-electron chi connectivity index (χ1n) is 11.0. The quantitative estimate of drug-likeness (QED) is 0.100. The van der Waals surface area contributed by atoms with Crippen LogP contribution in [-0.4, -0.2) is 31.8 Å². The Morgan fingerprint density at radius 3 is 2.50 bits per heavy atom. The molecule has 0 atom stereocenters. The lowest BCUT2D eigenvalue weighted by Crippen LogP contribution is -2.14. The number of hydrogen-bond acceptors (Lipinski definition) is 7. The number of aryl methyl sites for hydroxylation is 1. The number of para-hydroxylation sites is 1. The summed E-state index contributed by atoms with van der Waals surface area (Å²) in [7, 11) is 3.30. The van der Waals surface area contributed by atoms with Gasteiger partial charge in [0.1, 0.15) is 11.5 Å². The second-order valence-electron chi connectivity index (χ2n) is 7.37. The number of rotatable bonds is 13. The molecule has 0 amide bonds. The van der Waals surface area contributed by atoms with Crippen molar-refractivity contribution in [3.63, 3.8) is 0 Å². The van der Waals surface area contributed by atoms with Gasteiger partial charge in [-0.15, -0.1) is 11.8 Å². The van der Waals surface area contributed by atoms with Gasteiger partial charge in [0.25, 0.3) is 0 Å². The summed E-state index contributed by atoms with van der Waals surface area (Å²) in [4.78, 5) is 17.7. The highest BCUT2D eigenvalue weighted by Crippen LogP contribution is 2.31. The fourth-order valence-electron chi connectivity index (χ4n) is 3.11. The molecular formula is C27H29NO5S. The molecule has 0 unspecified atom stereocenters. The van der Waals surface area contributed by atoms with Gasteiger partial charge in [-0.2, -0.15) is 0 Å². The predicted octanol–water partition coefficient (Wildman–Crippen LogP) is 5.85. The lowest BCUT2D eigenvalue weighted by atomic mass is 10.1. The van der Waals surface area contributed by atoms with Gasteiger partial charge in [0.15, 0.2) is 5.76 Å². The zero-order chi connectivity index (χ0) is 24.2. The molecule has 0 aliphatic rings. The summed E-state index contributed by atoms with van der Waals surface area (Å²) < 4.78 is 21.4. The molecule has 2 aromatic carbocycles. The van der Waals surface area contributed by atoms with Crippen molar-refractivity contribution in [2.24, 2.45) is 0 Å². The van der Waals surface area contributed by atoms with Crippen LogP contribution >= 0.6 is 11.8 Å². The summed E-state index contributed by atoms with van der Waals surface area (Å²) in [6.07, 6.45) is 2.65. The van der Waals surface area contributed by atoms with Crippen LogP contribution in [0.1, 0.15) is 24.1 Å². The lowest BCUT2D eigenvalue weighted by Gasteiger charge is -2.10. The monoisotopic (exact) mass is 479 g/mol. The molecule has 0 radical (unpaired) electrons. The Hall–Kier alpha value is -3.45. The first-order valence-corrected chi connectivity index (χ1v) is 12.0. The topological polar surface area (TPSA) is 66.9 Å². The molecule has 0 saturated heterocycles. The fourth-order valence-corrected chi connectivity index (χ4v) is 4.05. The van der Waals surface area contributed by atoms with Gasteiger partial charge in [-0.3, -0.25) is 0 Å². The second-order valence-corrected chi connectivity index (χ2v) is 8.39. The normalized spacial score (nSPS) is 10.4. The third-order valence-corrected chi connectivity index (χ3v) is 6.03. The number of unbranched alkanes of at least 4 members (excludes halogenated alkanes) is 1. The first-order chi connectivity index (χ1) is 16.6. The number of ether oxygens (including phenoxy) is 4. The number of hydrogen-bond donors (Lipinski definition) is 0. The Balaban J connectivity index is 1.39. The SMILES string of the molecule is C=C(OCCCCc1ccc(OC)cc1)C(=O)Oc1cccc(CSc2ccccc2OC)n1. The number of carbonyl (C=O) groups is 1. The molecule has 0 saturated carbocycles. The van der Waals surface area contributed by atoms with Crippen LogP contribution in [0.15, 0.2) is 84.0 Å². The van der Waals surface area contributed by atoms with E-state index in [0.717, 1.165) is 41.4 Å². The number of aromatic nitrogens is 1. The summed E-state index contributed by atoms with van der Waals surface area (Å²) in [6.45, 7) is 4.08. The van der Waals surface area contributed by atoms with Gasteiger partial charge >= 0.3 is 5.97 Å². The van der Waals surface area contributed by atoms with Crippen LogP contribution in [-0.2, 0) is 21.7 Å². The number of nitrogens with zero attached hydrogens (tertiary/aromatic N) is 1. The van der Waals surface area contributed by atoms with Crippen molar-refractivity contribution in [2.75, 3.05) is 20.8 Å². The zero-order valence-corrected chi connectivity index (χ0v) is 20.3. The molecule has 6 nitrogen and oxygen atoms in total. The van der Waals surface area contributed by atoms with Gasteiger partial charge in [-0.25, -0.2) is 9.78 Å². The van der Waals surface area contributed by atoms with Gasteiger partial charge in [0.2, 0.25) is 5.88 Å². The molecule has 0 aliphatic heterocycles. The largest absolute Gasteiger partial charge is 0.497 e. The molecule has 3 rings (SSSR count). The summed E-state index contributed by atoms with van der Waals surface area (Å²) in [6, 6.07) is 21.1. The highest BCUT2D eigenvalue weighted by atomic mass is 32.2. The van der Waals surface area contributed by atoms with Crippen molar-refractivity contribution in [1.29, 1.82) is 0 Å². The molecule has 178 valence electrons. The average Bonchev–Trinajstić information content (AvgIpc) is 2.87. The van der Waals surface area contributed by atoms with Crippen molar-refractivity contribution in [3.8, 4) is 17.4 Å². The maximum atomic E-state index is 12.3. The zero-order valence-electron chi connectivity index (χ0n) is 19.5. The Morgan fingerprint density at radius 2 is 1.74 bits per heavy atom. The molecule has 0 N–H and O–H groups in total. The van der Waals surface area contributed by atoms with Crippen LogP contribution in [0.2, 0.25) is 0 Å². The minimum Gasteiger partial charge on any atom is -0.497 e. The Morgan fingerprint density at radius 1 is 0.941 bits per heavy atom. The highest BCUT2D eigenvalue weighted by Gasteiger charge is 2.13. The van der Waals surface area contributed by atoms with Crippen LogP contribution in [0.3, 0.4) is 0 Å². The van der Waals surface area contributed by atoms with Crippen LogP contribution < -0.4 is 14.2 Å². The molecule has 0 aliphatic carbocycles. The molecule has 0 bridgehead atoms. The molecular weight excluding hydrogens is 450 g/mol.